The molecule has 92 valence electrons. The van der Waals surface area contributed by atoms with Crippen molar-refractivity contribution >= 4 is 5.97 Å². The largest absolute Gasteiger partial charge is 0.478 e. The minimum Gasteiger partial charge on any atom is -0.478 e. The minimum atomic E-state index is -0.833. The highest BCUT2D eigenvalue weighted by Crippen LogP contribution is 2.42. The van der Waals surface area contributed by atoms with E-state index in [2.05, 4.69) is 0 Å². The molecule has 1 heterocycles. The van der Waals surface area contributed by atoms with Crippen LogP contribution in [0.25, 0.3) is 0 Å². The van der Waals surface area contributed by atoms with E-state index in [1.54, 1.807) is 6.07 Å². The standard InChI is InChI=1S/C14H18O3/c15-14(16)11-8-12(9-4-1-2-5-9)17-13(11)10-6-3-7-10/h8-10H,1-7H2,(H,15,16). The van der Waals surface area contributed by atoms with Crippen LogP contribution in [0.3, 0.4) is 0 Å². The van der Waals surface area contributed by atoms with Gasteiger partial charge in [-0.1, -0.05) is 19.3 Å². The van der Waals surface area contributed by atoms with E-state index in [4.69, 9.17) is 4.42 Å². The van der Waals surface area contributed by atoms with Crippen LogP contribution in [-0.2, 0) is 0 Å². The summed E-state index contributed by atoms with van der Waals surface area (Å²) in [6, 6.07) is 1.78. The van der Waals surface area contributed by atoms with Gasteiger partial charge in [-0.05, 0) is 31.7 Å². The minimum absolute atomic E-state index is 0.358. The summed E-state index contributed by atoms with van der Waals surface area (Å²) in [7, 11) is 0. The van der Waals surface area contributed by atoms with Crippen LogP contribution < -0.4 is 0 Å². The third-order valence-corrected chi connectivity index (χ3v) is 4.24. The number of hydrogen-bond donors (Lipinski definition) is 1. The molecular formula is C14H18O3. The number of hydrogen-bond acceptors (Lipinski definition) is 2. The fourth-order valence-electron chi connectivity index (χ4n) is 2.98. The van der Waals surface area contributed by atoms with Crippen molar-refractivity contribution in [2.45, 2.75) is 56.8 Å². The average Bonchev–Trinajstić information content (AvgIpc) is 2.80. The second-order valence-electron chi connectivity index (χ2n) is 5.34. The maximum atomic E-state index is 11.2. The molecule has 1 N–H and O–H groups in total. The highest BCUT2D eigenvalue weighted by atomic mass is 16.4. The van der Waals surface area contributed by atoms with Crippen molar-refractivity contribution in [2.75, 3.05) is 0 Å². The first-order chi connectivity index (χ1) is 8.25. The Bertz CT molecular complexity index is 423. The number of carboxylic acid groups (broad SMARTS) is 1. The van der Waals surface area contributed by atoms with Gasteiger partial charge < -0.3 is 9.52 Å². The lowest BCUT2D eigenvalue weighted by Gasteiger charge is -2.23. The predicted octanol–water partition coefficient (Wildman–Crippen LogP) is 3.90. The fourth-order valence-corrected chi connectivity index (χ4v) is 2.98. The van der Waals surface area contributed by atoms with Crippen LogP contribution in [0.2, 0.25) is 0 Å². The zero-order valence-corrected chi connectivity index (χ0v) is 9.95. The summed E-state index contributed by atoms with van der Waals surface area (Å²) in [5.74, 6) is 1.64. The van der Waals surface area contributed by atoms with Gasteiger partial charge in [-0.2, -0.15) is 0 Å². The van der Waals surface area contributed by atoms with Crippen LogP contribution in [0.15, 0.2) is 10.5 Å². The first-order valence-electron chi connectivity index (χ1n) is 6.62. The van der Waals surface area contributed by atoms with Crippen LogP contribution in [0.1, 0.15) is 78.7 Å². The van der Waals surface area contributed by atoms with Crippen LogP contribution in [0, 0.1) is 0 Å². The molecule has 2 saturated carbocycles. The first-order valence-corrected chi connectivity index (χ1v) is 6.62. The Kier molecular flexibility index (Phi) is 2.69. The number of carbonyl (C=O) groups is 1. The Morgan fingerprint density at radius 1 is 1.12 bits per heavy atom. The molecule has 0 unspecified atom stereocenters. The number of rotatable bonds is 3. The summed E-state index contributed by atoms with van der Waals surface area (Å²) in [6.45, 7) is 0. The van der Waals surface area contributed by atoms with Crippen molar-refractivity contribution in [3.05, 3.63) is 23.2 Å². The number of aromatic carboxylic acids is 1. The molecule has 0 aliphatic heterocycles. The molecule has 2 aliphatic carbocycles. The second-order valence-corrected chi connectivity index (χ2v) is 5.34. The van der Waals surface area contributed by atoms with Gasteiger partial charge in [0.05, 0.1) is 0 Å². The molecule has 0 radical (unpaired) electrons. The normalized spacial score (nSPS) is 21.6. The summed E-state index contributed by atoms with van der Waals surface area (Å²) in [6.07, 6.45) is 8.14. The molecule has 0 bridgehead atoms. The summed E-state index contributed by atoms with van der Waals surface area (Å²) in [4.78, 5) is 11.2. The summed E-state index contributed by atoms with van der Waals surface area (Å²) >= 11 is 0. The van der Waals surface area contributed by atoms with Crippen molar-refractivity contribution in [3.63, 3.8) is 0 Å². The molecule has 3 nitrogen and oxygen atoms in total. The van der Waals surface area contributed by atoms with Crippen molar-refractivity contribution < 1.29 is 14.3 Å². The van der Waals surface area contributed by atoms with Gasteiger partial charge in [0.25, 0.3) is 0 Å². The Balaban J connectivity index is 1.92. The quantitative estimate of drug-likeness (QED) is 0.862. The summed E-state index contributed by atoms with van der Waals surface area (Å²) < 4.78 is 5.88. The SMILES string of the molecule is O=C(O)c1cc(C2CCCC2)oc1C1CCC1. The lowest BCUT2D eigenvalue weighted by molar-refractivity contribution is 0.0692. The first kappa shape index (κ1) is 10.9. The highest BCUT2D eigenvalue weighted by molar-refractivity contribution is 5.89. The molecule has 1 aromatic heterocycles. The van der Waals surface area contributed by atoms with Gasteiger partial charge in [0, 0.05) is 11.8 Å². The van der Waals surface area contributed by atoms with Gasteiger partial charge in [0.2, 0.25) is 0 Å². The molecule has 2 aliphatic rings. The van der Waals surface area contributed by atoms with Crippen LogP contribution in [-0.4, -0.2) is 11.1 Å². The zero-order valence-electron chi connectivity index (χ0n) is 9.95. The van der Waals surface area contributed by atoms with Crippen LogP contribution >= 0.6 is 0 Å². The van der Waals surface area contributed by atoms with Gasteiger partial charge in [-0.15, -0.1) is 0 Å². The monoisotopic (exact) mass is 234 g/mol. The Labute approximate surface area is 101 Å². The molecule has 0 aromatic carbocycles. The summed E-state index contributed by atoms with van der Waals surface area (Å²) in [5, 5.41) is 9.23. The molecule has 3 rings (SSSR count). The lowest BCUT2D eigenvalue weighted by Crippen LogP contribution is -2.11. The third kappa shape index (κ3) is 1.88. The third-order valence-electron chi connectivity index (χ3n) is 4.24. The highest BCUT2D eigenvalue weighted by Gasteiger charge is 2.31. The van der Waals surface area contributed by atoms with E-state index in [9.17, 15) is 9.90 Å². The van der Waals surface area contributed by atoms with Gasteiger partial charge in [0.15, 0.2) is 0 Å². The molecule has 0 atom stereocenters. The average molecular weight is 234 g/mol. The topological polar surface area (TPSA) is 50.4 Å². The maximum Gasteiger partial charge on any atom is 0.339 e. The van der Waals surface area contributed by atoms with Gasteiger partial charge in [-0.25, -0.2) is 4.79 Å². The van der Waals surface area contributed by atoms with Crippen LogP contribution in [0.5, 0.6) is 0 Å². The van der Waals surface area contributed by atoms with E-state index in [1.807, 2.05) is 0 Å². The molecule has 1 aromatic rings. The van der Waals surface area contributed by atoms with Crippen LogP contribution in [0.4, 0.5) is 0 Å². The number of furan rings is 1. The number of carboxylic acids is 1. The molecule has 2 fully saturated rings. The lowest BCUT2D eigenvalue weighted by atomic mass is 9.82. The van der Waals surface area contributed by atoms with E-state index in [0.717, 1.165) is 37.2 Å². The van der Waals surface area contributed by atoms with E-state index in [1.165, 1.54) is 19.3 Å². The molecule has 0 saturated heterocycles. The van der Waals surface area contributed by atoms with Crippen molar-refractivity contribution in [1.82, 2.24) is 0 Å². The maximum absolute atomic E-state index is 11.2. The zero-order chi connectivity index (χ0) is 11.8. The Hall–Kier alpha value is -1.25. The van der Waals surface area contributed by atoms with E-state index < -0.39 is 5.97 Å². The van der Waals surface area contributed by atoms with Crippen molar-refractivity contribution in [3.8, 4) is 0 Å². The Morgan fingerprint density at radius 3 is 2.29 bits per heavy atom. The smallest absolute Gasteiger partial charge is 0.339 e. The van der Waals surface area contributed by atoms with E-state index in [0.29, 0.717) is 17.4 Å². The van der Waals surface area contributed by atoms with E-state index >= 15 is 0 Å². The second kappa shape index (κ2) is 4.21. The van der Waals surface area contributed by atoms with Crippen molar-refractivity contribution in [2.24, 2.45) is 0 Å². The van der Waals surface area contributed by atoms with E-state index in [-0.39, 0.29) is 0 Å². The summed E-state index contributed by atoms with van der Waals surface area (Å²) in [5.41, 5.74) is 0.414. The molecule has 0 amide bonds. The van der Waals surface area contributed by atoms with Gasteiger partial charge in [-0.3, -0.25) is 0 Å². The fraction of sp³-hybridized carbons (Fsp3) is 0.643. The molecule has 0 spiro atoms. The van der Waals surface area contributed by atoms with Crippen molar-refractivity contribution in [1.29, 1.82) is 0 Å². The predicted molar refractivity (Wildman–Crippen MR) is 63.5 cm³/mol. The molecular weight excluding hydrogens is 216 g/mol. The molecule has 17 heavy (non-hydrogen) atoms. The molecule has 3 heteroatoms. The van der Waals surface area contributed by atoms with Gasteiger partial charge in [0.1, 0.15) is 17.1 Å². The Morgan fingerprint density at radius 2 is 1.76 bits per heavy atom. The van der Waals surface area contributed by atoms with Gasteiger partial charge >= 0.3 is 5.97 Å².